The summed E-state index contributed by atoms with van der Waals surface area (Å²) in [6.45, 7) is 1.90. The van der Waals surface area contributed by atoms with Gasteiger partial charge >= 0.3 is 0 Å². The highest BCUT2D eigenvalue weighted by Gasteiger charge is 2.10. The molecule has 1 aromatic heterocycles. The van der Waals surface area contributed by atoms with E-state index in [1.54, 1.807) is 0 Å². The molecule has 4 aromatic rings. The van der Waals surface area contributed by atoms with Crippen LogP contribution in [0.4, 0.5) is 5.13 Å². The lowest BCUT2D eigenvalue weighted by molar-refractivity contribution is -0.118. The number of amides is 1. The van der Waals surface area contributed by atoms with E-state index in [2.05, 4.69) is 34.6 Å². The molecule has 0 aliphatic carbocycles. The average molecular weight is 374 g/mol. The Labute approximate surface area is 161 Å². The number of ether oxygens (including phenoxy) is 1. The van der Waals surface area contributed by atoms with Crippen molar-refractivity contribution in [3.05, 3.63) is 77.7 Å². The zero-order chi connectivity index (χ0) is 18.6. The van der Waals surface area contributed by atoms with E-state index in [9.17, 15) is 4.79 Å². The highest BCUT2D eigenvalue weighted by atomic mass is 32.1. The number of carbonyl (C=O) groups is 1. The van der Waals surface area contributed by atoms with Gasteiger partial charge in [-0.3, -0.25) is 10.1 Å². The van der Waals surface area contributed by atoms with Gasteiger partial charge in [0, 0.05) is 10.9 Å². The van der Waals surface area contributed by atoms with Gasteiger partial charge in [-0.1, -0.05) is 54.6 Å². The molecule has 0 saturated carbocycles. The van der Waals surface area contributed by atoms with Gasteiger partial charge in [-0.25, -0.2) is 4.98 Å². The normalized spacial score (nSPS) is 10.7. The maximum atomic E-state index is 12.1. The smallest absolute Gasteiger partial charge is 0.264 e. The zero-order valence-corrected chi connectivity index (χ0v) is 15.6. The minimum Gasteiger partial charge on any atom is -0.483 e. The number of rotatable bonds is 5. The highest BCUT2D eigenvalue weighted by molar-refractivity contribution is 7.14. The summed E-state index contributed by atoms with van der Waals surface area (Å²) in [5, 5.41) is 7.67. The Morgan fingerprint density at radius 1 is 1.04 bits per heavy atom. The number of thiazole rings is 1. The average Bonchev–Trinajstić information content (AvgIpc) is 3.15. The summed E-state index contributed by atoms with van der Waals surface area (Å²) in [6.07, 6.45) is 0. The second-order valence-electron chi connectivity index (χ2n) is 6.20. The third-order valence-electron chi connectivity index (χ3n) is 4.25. The number of hydrogen-bond acceptors (Lipinski definition) is 4. The number of hydrogen-bond donors (Lipinski definition) is 1. The summed E-state index contributed by atoms with van der Waals surface area (Å²) in [7, 11) is 0. The van der Waals surface area contributed by atoms with Gasteiger partial charge in [0.15, 0.2) is 11.7 Å². The van der Waals surface area contributed by atoms with E-state index in [0.717, 1.165) is 16.8 Å². The summed E-state index contributed by atoms with van der Waals surface area (Å²) in [5.74, 6) is 0.487. The molecule has 0 aliphatic heterocycles. The predicted octanol–water partition coefficient (Wildman–Crippen LogP) is 5.29. The lowest BCUT2D eigenvalue weighted by atomic mass is 10.1. The van der Waals surface area contributed by atoms with Crippen molar-refractivity contribution in [3.8, 4) is 17.0 Å². The molecule has 0 unspecified atom stereocenters. The fourth-order valence-corrected chi connectivity index (χ4v) is 3.57. The molecule has 1 heterocycles. The number of aryl methyl sites for hydroxylation is 1. The largest absolute Gasteiger partial charge is 0.483 e. The Morgan fingerprint density at radius 2 is 1.81 bits per heavy atom. The van der Waals surface area contributed by atoms with Crippen molar-refractivity contribution in [2.45, 2.75) is 6.92 Å². The Bertz CT molecular complexity index is 1100. The maximum absolute atomic E-state index is 12.1. The molecule has 134 valence electrons. The summed E-state index contributed by atoms with van der Waals surface area (Å²) in [6, 6.07) is 22.1. The fraction of sp³-hybridized carbons (Fsp3) is 0.0909. The molecular formula is C22H18N2O2S. The molecule has 4 nitrogen and oxygen atoms in total. The highest BCUT2D eigenvalue weighted by Crippen LogP contribution is 2.27. The number of nitrogens with one attached hydrogen (secondary N) is 1. The van der Waals surface area contributed by atoms with E-state index in [-0.39, 0.29) is 12.5 Å². The minimum absolute atomic E-state index is 0.0459. The van der Waals surface area contributed by atoms with Gasteiger partial charge in [0.2, 0.25) is 0 Å². The summed E-state index contributed by atoms with van der Waals surface area (Å²) < 4.78 is 5.58. The lowest BCUT2D eigenvalue weighted by Crippen LogP contribution is -2.20. The fourth-order valence-electron chi connectivity index (χ4n) is 2.83. The molecule has 4 rings (SSSR count). The topological polar surface area (TPSA) is 51.2 Å². The number of para-hydroxylation sites is 1. The molecule has 27 heavy (non-hydrogen) atoms. The van der Waals surface area contributed by atoms with Crippen molar-refractivity contribution in [3.63, 3.8) is 0 Å². The van der Waals surface area contributed by atoms with Crippen LogP contribution in [0.1, 0.15) is 5.56 Å². The first kappa shape index (κ1) is 17.2. The van der Waals surface area contributed by atoms with Gasteiger partial charge in [-0.2, -0.15) is 0 Å². The van der Waals surface area contributed by atoms with Crippen LogP contribution in [-0.4, -0.2) is 17.5 Å². The molecule has 0 aliphatic rings. The Morgan fingerprint density at radius 3 is 2.67 bits per heavy atom. The van der Waals surface area contributed by atoms with Crippen LogP contribution in [0.3, 0.4) is 0 Å². The van der Waals surface area contributed by atoms with Gasteiger partial charge < -0.3 is 4.74 Å². The van der Waals surface area contributed by atoms with Crippen LogP contribution in [0.5, 0.6) is 5.75 Å². The first-order chi connectivity index (χ1) is 13.2. The van der Waals surface area contributed by atoms with Crippen LogP contribution >= 0.6 is 11.3 Å². The molecule has 1 amide bonds. The van der Waals surface area contributed by atoms with Crippen molar-refractivity contribution in [1.29, 1.82) is 0 Å². The van der Waals surface area contributed by atoms with Crippen LogP contribution in [-0.2, 0) is 4.79 Å². The quantitative estimate of drug-likeness (QED) is 0.516. The van der Waals surface area contributed by atoms with Crippen molar-refractivity contribution in [1.82, 2.24) is 4.98 Å². The zero-order valence-electron chi connectivity index (χ0n) is 14.8. The molecule has 5 heteroatoms. The SMILES string of the molecule is Cc1ccccc1OCC(=O)Nc1nc(-c2ccc3ccccc3c2)cs1. The second-order valence-corrected chi connectivity index (χ2v) is 7.06. The van der Waals surface area contributed by atoms with E-state index < -0.39 is 0 Å². The summed E-state index contributed by atoms with van der Waals surface area (Å²) in [4.78, 5) is 16.7. The molecule has 0 atom stereocenters. The van der Waals surface area contributed by atoms with Gasteiger partial charge in [0.05, 0.1) is 5.69 Å². The maximum Gasteiger partial charge on any atom is 0.264 e. The number of benzene rings is 3. The summed E-state index contributed by atoms with van der Waals surface area (Å²) >= 11 is 1.40. The van der Waals surface area contributed by atoms with Crippen molar-refractivity contribution >= 4 is 33.1 Å². The van der Waals surface area contributed by atoms with Gasteiger partial charge in [0.25, 0.3) is 5.91 Å². The molecule has 0 bridgehead atoms. The Hall–Kier alpha value is -3.18. The molecule has 1 N–H and O–H groups in total. The molecule has 3 aromatic carbocycles. The predicted molar refractivity (Wildman–Crippen MR) is 110 cm³/mol. The first-order valence-electron chi connectivity index (χ1n) is 8.62. The summed E-state index contributed by atoms with van der Waals surface area (Å²) in [5.41, 5.74) is 2.88. The van der Waals surface area contributed by atoms with Crippen LogP contribution < -0.4 is 10.1 Å². The van der Waals surface area contributed by atoms with Crippen LogP contribution in [0.25, 0.3) is 22.0 Å². The molecular weight excluding hydrogens is 356 g/mol. The van der Waals surface area contributed by atoms with Crippen molar-refractivity contribution in [2.24, 2.45) is 0 Å². The lowest BCUT2D eigenvalue weighted by Gasteiger charge is -2.08. The number of nitrogens with zero attached hydrogens (tertiary/aromatic N) is 1. The van der Waals surface area contributed by atoms with Crippen molar-refractivity contribution < 1.29 is 9.53 Å². The van der Waals surface area contributed by atoms with E-state index in [4.69, 9.17) is 4.74 Å². The molecule has 0 spiro atoms. The Kier molecular flexibility index (Phi) is 4.85. The second kappa shape index (κ2) is 7.60. The number of aromatic nitrogens is 1. The molecule has 0 fully saturated rings. The van der Waals surface area contributed by atoms with E-state index in [1.807, 2.05) is 54.8 Å². The van der Waals surface area contributed by atoms with Crippen LogP contribution in [0.2, 0.25) is 0 Å². The molecule has 0 radical (unpaired) electrons. The van der Waals surface area contributed by atoms with Crippen LogP contribution in [0.15, 0.2) is 72.1 Å². The van der Waals surface area contributed by atoms with Gasteiger partial charge in [-0.15, -0.1) is 11.3 Å². The first-order valence-corrected chi connectivity index (χ1v) is 9.50. The number of carbonyl (C=O) groups excluding carboxylic acids is 1. The van der Waals surface area contributed by atoms with E-state index in [1.165, 1.54) is 22.1 Å². The Balaban J connectivity index is 1.42. The standard InChI is InChI=1S/C22H18N2O2S/c1-15-6-2-5-9-20(15)26-13-21(25)24-22-23-19(14-27-22)18-11-10-16-7-3-4-8-17(16)12-18/h2-12,14H,13H2,1H3,(H,23,24,25). The van der Waals surface area contributed by atoms with Crippen molar-refractivity contribution in [2.75, 3.05) is 11.9 Å². The third-order valence-corrected chi connectivity index (χ3v) is 5.01. The molecule has 0 saturated heterocycles. The van der Waals surface area contributed by atoms with Gasteiger partial charge in [-0.05, 0) is 35.4 Å². The number of anilines is 1. The van der Waals surface area contributed by atoms with Gasteiger partial charge in [0.1, 0.15) is 5.75 Å². The van der Waals surface area contributed by atoms with E-state index in [0.29, 0.717) is 10.9 Å². The minimum atomic E-state index is -0.224. The third kappa shape index (κ3) is 3.99. The number of fused-ring (bicyclic) bond motifs is 1. The monoisotopic (exact) mass is 374 g/mol. The van der Waals surface area contributed by atoms with Crippen LogP contribution in [0, 0.1) is 6.92 Å². The van der Waals surface area contributed by atoms with E-state index >= 15 is 0 Å².